The number of hydrogen-bond acceptors (Lipinski definition) is 5. The quantitative estimate of drug-likeness (QED) is 0.470. The van der Waals surface area contributed by atoms with Crippen LogP contribution in [0.15, 0.2) is 24.4 Å². The average Bonchev–Trinajstić information content (AvgIpc) is 3.42. The van der Waals surface area contributed by atoms with Crippen molar-refractivity contribution in [2.24, 2.45) is 5.92 Å². The van der Waals surface area contributed by atoms with Crippen molar-refractivity contribution in [1.29, 1.82) is 0 Å². The molecule has 4 rings (SSSR count). The first-order chi connectivity index (χ1) is 16.3. The summed E-state index contributed by atoms with van der Waals surface area (Å²) >= 11 is 1.28. The molecule has 180 valence electrons. The van der Waals surface area contributed by atoms with E-state index in [1.165, 1.54) is 17.4 Å². The number of benzene rings is 1. The molecule has 2 heterocycles. The van der Waals surface area contributed by atoms with E-state index in [2.05, 4.69) is 25.8 Å². The molecule has 3 unspecified atom stereocenters. The Bertz CT molecular complexity index is 1210. The molecule has 0 radical (unpaired) electrons. The number of aromatic amines is 1. The number of nitrogens with one attached hydrogen (secondary N) is 3. The summed E-state index contributed by atoms with van der Waals surface area (Å²) in [6.07, 6.45) is 4.03. The van der Waals surface area contributed by atoms with Crippen molar-refractivity contribution in [2.75, 3.05) is 6.54 Å². The topological polar surface area (TPSA) is 99.8 Å². The molecule has 0 bridgehead atoms. The van der Waals surface area contributed by atoms with Crippen LogP contribution in [0.2, 0.25) is 0 Å². The number of nitrogens with zero attached hydrogens (tertiary/aromatic N) is 2. The Hall–Kier alpha value is -3.14. The predicted octanol–water partition coefficient (Wildman–Crippen LogP) is 3.97. The number of amides is 2. The van der Waals surface area contributed by atoms with Crippen LogP contribution in [0.3, 0.4) is 0 Å². The summed E-state index contributed by atoms with van der Waals surface area (Å²) in [4.78, 5) is 31.0. The fourth-order valence-electron chi connectivity index (χ4n) is 4.41. The molecule has 0 saturated carbocycles. The van der Waals surface area contributed by atoms with E-state index in [0.29, 0.717) is 17.0 Å². The smallest absolute Gasteiger partial charge is 0.263 e. The minimum absolute atomic E-state index is 0.0536. The highest BCUT2D eigenvalue weighted by atomic mass is 32.1. The van der Waals surface area contributed by atoms with E-state index >= 15 is 0 Å². The number of rotatable bonds is 7. The van der Waals surface area contributed by atoms with Gasteiger partial charge in [-0.15, -0.1) is 11.3 Å². The van der Waals surface area contributed by atoms with Crippen molar-refractivity contribution in [3.05, 3.63) is 68.4 Å². The van der Waals surface area contributed by atoms with E-state index in [0.717, 1.165) is 41.2 Å². The summed E-state index contributed by atoms with van der Waals surface area (Å²) in [5.74, 6) is -2.44. The van der Waals surface area contributed by atoms with Gasteiger partial charge in [-0.1, -0.05) is 19.9 Å². The van der Waals surface area contributed by atoms with Gasteiger partial charge in [-0.3, -0.25) is 14.7 Å². The minimum Gasteiger partial charge on any atom is -0.353 e. The van der Waals surface area contributed by atoms with Gasteiger partial charge in [0.2, 0.25) is 5.91 Å². The SMILES string of the molecule is CCc1nc(C)c(C(=O)NC(CNC(=O)C2c3cn[nH]c3CCC2C)c2ccc(F)cc2F)s1. The van der Waals surface area contributed by atoms with E-state index < -0.39 is 29.5 Å². The standard InChI is InChI=1S/C24H27F2N5O2S/c1-4-20-29-13(3)22(34-20)24(33)30-19(15-7-6-14(25)9-17(15)26)11-27-23(32)21-12(2)5-8-18-16(21)10-28-31-18/h6-7,9-10,12,19,21H,4-5,8,11H2,1-3H3,(H,27,32)(H,28,31)(H,30,33). The molecule has 0 spiro atoms. The number of aromatic nitrogens is 3. The van der Waals surface area contributed by atoms with E-state index in [1.54, 1.807) is 13.1 Å². The van der Waals surface area contributed by atoms with Gasteiger partial charge in [0, 0.05) is 29.4 Å². The van der Waals surface area contributed by atoms with Crippen LogP contribution in [-0.4, -0.2) is 33.5 Å². The third-order valence-electron chi connectivity index (χ3n) is 6.26. The number of carbonyl (C=O) groups is 2. The molecule has 0 saturated heterocycles. The van der Waals surface area contributed by atoms with Gasteiger partial charge < -0.3 is 10.6 Å². The molecule has 10 heteroatoms. The van der Waals surface area contributed by atoms with Crippen molar-refractivity contribution in [3.63, 3.8) is 0 Å². The van der Waals surface area contributed by atoms with Gasteiger partial charge in [0.05, 0.1) is 28.9 Å². The lowest BCUT2D eigenvalue weighted by Gasteiger charge is -2.28. The molecule has 2 aromatic heterocycles. The fourth-order valence-corrected chi connectivity index (χ4v) is 5.32. The normalized spacial score (nSPS) is 18.3. The second-order valence-electron chi connectivity index (χ2n) is 8.61. The Morgan fingerprint density at radius 3 is 2.82 bits per heavy atom. The van der Waals surface area contributed by atoms with Crippen LogP contribution >= 0.6 is 11.3 Å². The summed E-state index contributed by atoms with van der Waals surface area (Å²) in [5, 5.41) is 13.5. The molecular weight excluding hydrogens is 460 g/mol. The molecule has 1 aliphatic carbocycles. The van der Waals surface area contributed by atoms with E-state index in [1.807, 2.05) is 13.8 Å². The number of halogens is 2. The number of aryl methyl sites for hydroxylation is 3. The number of fused-ring (bicyclic) bond motifs is 1. The lowest BCUT2D eigenvalue weighted by molar-refractivity contribution is -0.124. The van der Waals surface area contributed by atoms with Gasteiger partial charge in [0.25, 0.3) is 5.91 Å². The summed E-state index contributed by atoms with van der Waals surface area (Å²) in [6, 6.07) is 2.29. The van der Waals surface area contributed by atoms with Gasteiger partial charge in [-0.2, -0.15) is 5.10 Å². The lowest BCUT2D eigenvalue weighted by atomic mass is 9.78. The molecule has 3 N–H and O–H groups in total. The Morgan fingerprint density at radius 1 is 1.32 bits per heavy atom. The highest BCUT2D eigenvalue weighted by Gasteiger charge is 2.34. The number of carbonyl (C=O) groups excluding carboxylic acids is 2. The maximum atomic E-state index is 14.7. The van der Waals surface area contributed by atoms with Crippen LogP contribution in [0.4, 0.5) is 8.78 Å². The molecule has 34 heavy (non-hydrogen) atoms. The first-order valence-corrected chi connectivity index (χ1v) is 12.1. The van der Waals surface area contributed by atoms with Crippen LogP contribution in [0.25, 0.3) is 0 Å². The van der Waals surface area contributed by atoms with Crippen molar-refractivity contribution in [2.45, 2.75) is 52.0 Å². The van der Waals surface area contributed by atoms with Gasteiger partial charge in [0.15, 0.2) is 0 Å². The number of H-pyrrole nitrogens is 1. The Kier molecular flexibility index (Phi) is 7.06. The number of hydrogen-bond donors (Lipinski definition) is 3. The van der Waals surface area contributed by atoms with Gasteiger partial charge >= 0.3 is 0 Å². The van der Waals surface area contributed by atoms with Crippen LogP contribution < -0.4 is 10.6 Å². The molecule has 3 aromatic rings. The predicted molar refractivity (Wildman–Crippen MR) is 125 cm³/mol. The van der Waals surface area contributed by atoms with Gasteiger partial charge in [-0.25, -0.2) is 13.8 Å². The van der Waals surface area contributed by atoms with E-state index in [4.69, 9.17) is 0 Å². The molecular formula is C24H27F2N5O2S. The van der Waals surface area contributed by atoms with Crippen LogP contribution in [0.5, 0.6) is 0 Å². The van der Waals surface area contributed by atoms with E-state index in [-0.39, 0.29) is 23.9 Å². The van der Waals surface area contributed by atoms with Crippen LogP contribution in [0, 0.1) is 24.5 Å². The molecule has 1 aromatic carbocycles. The van der Waals surface area contributed by atoms with Crippen LogP contribution in [0.1, 0.15) is 69.4 Å². The molecule has 2 amide bonds. The highest BCUT2D eigenvalue weighted by molar-refractivity contribution is 7.13. The maximum absolute atomic E-state index is 14.7. The van der Waals surface area contributed by atoms with Crippen molar-refractivity contribution in [3.8, 4) is 0 Å². The van der Waals surface area contributed by atoms with Crippen molar-refractivity contribution in [1.82, 2.24) is 25.8 Å². The third-order valence-corrected chi connectivity index (χ3v) is 7.56. The van der Waals surface area contributed by atoms with Crippen molar-refractivity contribution >= 4 is 23.2 Å². The zero-order chi connectivity index (χ0) is 24.4. The second-order valence-corrected chi connectivity index (χ2v) is 9.69. The number of thiazole rings is 1. The first-order valence-electron chi connectivity index (χ1n) is 11.3. The maximum Gasteiger partial charge on any atom is 0.263 e. The molecule has 1 aliphatic rings. The lowest BCUT2D eigenvalue weighted by Crippen LogP contribution is -2.41. The monoisotopic (exact) mass is 487 g/mol. The molecule has 0 fully saturated rings. The van der Waals surface area contributed by atoms with E-state index in [9.17, 15) is 18.4 Å². The molecule has 3 atom stereocenters. The van der Waals surface area contributed by atoms with Gasteiger partial charge in [0.1, 0.15) is 16.5 Å². The molecule has 7 nitrogen and oxygen atoms in total. The summed E-state index contributed by atoms with van der Waals surface area (Å²) in [7, 11) is 0. The first kappa shape index (κ1) is 24.0. The third kappa shape index (κ3) is 4.86. The second kappa shape index (κ2) is 10.0. The minimum atomic E-state index is -0.897. The molecule has 0 aliphatic heterocycles. The zero-order valence-electron chi connectivity index (χ0n) is 19.2. The largest absolute Gasteiger partial charge is 0.353 e. The Balaban J connectivity index is 1.56. The fraction of sp³-hybridized carbons (Fsp3) is 0.417. The zero-order valence-corrected chi connectivity index (χ0v) is 20.1. The average molecular weight is 488 g/mol. The Morgan fingerprint density at radius 2 is 2.12 bits per heavy atom. The van der Waals surface area contributed by atoms with Gasteiger partial charge in [-0.05, 0) is 38.2 Å². The summed E-state index contributed by atoms with van der Waals surface area (Å²) in [6.45, 7) is 5.65. The van der Waals surface area contributed by atoms with Crippen LogP contribution in [-0.2, 0) is 17.6 Å². The Labute approximate surface area is 200 Å². The van der Waals surface area contributed by atoms with Crippen molar-refractivity contribution < 1.29 is 18.4 Å². The summed E-state index contributed by atoms with van der Waals surface area (Å²) in [5.41, 5.74) is 2.48. The summed E-state index contributed by atoms with van der Waals surface area (Å²) < 4.78 is 28.2. The highest BCUT2D eigenvalue weighted by Crippen LogP contribution is 2.35.